The highest BCUT2D eigenvalue weighted by atomic mass is 19.4. The minimum absolute atomic E-state index is 0.0149. The summed E-state index contributed by atoms with van der Waals surface area (Å²) >= 11 is 0. The van der Waals surface area contributed by atoms with Gasteiger partial charge in [-0.2, -0.15) is 13.2 Å². The molecule has 2 aromatic rings. The molecular weight excluding hydrogens is 303 g/mol. The highest BCUT2D eigenvalue weighted by Crippen LogP contribution is 2.29. The highest BCUT2D eigenvalue weighted by molar-refractivity contribution is 6.06. The fraction of sp³-hybridized carbons (Fsp3) is 0.0625. The zero-order valence-electron chi connectivity index (χ0n) is 11.0. The predicted octanol–water partition coefficient (Wildman–Crippen LogP) is 4.88. The van der Waals surface area contributed by atoms with Crippen molar-refractivity contribution in [1.82, 2.24) is 0 Å². The minimum Gasteiger partial charge on any atom is -0.289 e. The maximum absolute atomic E-state index is 13.4. The molecular formula is C16H9F5O. The van der Waals surface area contributed by atoms with Gasteiger partial charge in [-0.25, -0.2) is 8.78 Å². The Kier molecular flexibility index (Phi) is 4.40. The van der Waals surface area contributed by atoms with E-state index in [9.17, 15) is 26.7 Å². The quantitative estimate of drug-likeness (QED) is 0.448. The van der Waals surface area contributed by atoms with Gasteiger partial charge in [0.2, 0.25) is 0 Å². The second kappa shape index (κ2) is 6.09. The molecule has 0 aliphatic rings. The minimum atomic E-state index is -4.48. The summed E-state index contributed by atoms with van der Waals surface area (Å²) in [5.41, 5.74) is -0.981. The summed E-state index contributed by atoms with van der Waals surface area (Å²) in [6.07, 6.45) is -2.44. The van der Waals surface area contributed by atoms with Crippen molar-refractivity contribution in [3.8, 4) is 0 Å². The summed E-state index contributed by atoms with van der Waals surface area (Å²) < 4.78 is 63.5. The SMILES string of the molecule is O=C(C=Cc1cccc(F)c1F)c1ccc(C(F)(F)F)cc1. The fourth-order valence-corrected chi connectivity index (χ4v) is 1.73. The van der Waals surface area contributed by atoms with E-state index in [1.165, 1.54) is 12.1 Å². The molecule has 0 radical (unpaired) electrons. The van der Waals surface area contributed by atoms with Gasteiger partial charge in [-0.05, 0) is 30.4 Å². The van der Waals surface area contributed by atoms with E-state index in [0.29, 0.717) is 0 Å². The Hall–Kier alpha value is -2.50. The third-order valence-corrected chi connectivity index (χ3v) is 2.89. The Labute approximate surface area is 122 Å². The molecule has 0 spiro atoms. The molecule has 0 unspecified atom stereocenters. The van der Waals surface area contributed by atoms with E-state index in [4.69, 9.17) is 0 Å². The van der Waals surface area contributed by atoms with E-state index in [-0.39, 0.29) is 11.1 Å². The summed E-state index contributed by atoms with van der Waals surface area (Å²) in [7, 11) is 0. The molecule has 0 fully saturated rings. The van der Waals surface area contributed by atoms with Crippen molar-refractivity contribution < 1.29 is 26.7 Å². The van der Waals surface area contributed by atoms with Crippen molar-refractivity contribution in [1.29, 1.82) is 0 Å². The number of hydrogen-bond acceptors (Lipinski definition) is 1. The van der Waals surface area contributed by atoms with Crippen LogP contribution in [0.1, 0.15) is 21.5 Å². The van der Waals surface area contributed by atoms with E-state index in [0.717, 1.165) is 42.5 Å². The summed E-state index contributed by atoms with van der Waals surface area (Å²) in [6, 6.07) is 7.10. The number of rotatable bonds is 3. The molecule has 0 aliphatic carbocycles. The third kappa shape index (κ3) is 3.58. The molecule has 0 saturated carbocycles. The molecule has 0 amide bonds. The number of benzene rings is 2. The number of hydrogen-bond donors (Lipinski definition) is 0. The number of carbonyl (C=O) groups is 1. The van der Waals surface area contributed by atoms with E-state index >= 15 is 0 Å². The van der Waals surface area contributed by atoms with Gasteiger partial charge < -0.3 is 0 Å². The van der Waals surface area contributed by atoms with E-state index in [1.807, 2.05) is 0 Å². The zero-order chi connectivity index (χ0) is 16.3. The van der Waals surface area contributed by atoms with Gasteiger partial charge in [-0.15, -0.1) is 0 Å². The topological polar surface area (TPSA) is 17.1 Å². The van der Waals surface area contributed by atoms with Gasteiger partial charge in [-0.3, -0.25) is 4.79 Å². The average Bonchev–Trinajstić information content (AvgIpc) is 2.48. The summed E-state index contributed by atoms with van der Waals surface area (Å²) in [5, 5.41) is 0. The molecule has 0 aliphatic heterocycles. The molecule has 1 nitrogen and oxygen atoms in total. The lowest BCUT2D eigenvalue weighted by atomic mass is 10.1. The van der Waals surface area contributed by atoms with Crippen LogP contribution in [-0.2, 0) is 6.18 Å². The van der Waals surface area contributed by atoms with Gasteiger partial charge >= 0.3 is 6.18 Å². The molecule has 22 heavy (non-hydrogen) atoms. The molecule has 0 saturated heterocycles. The maximum atomic E-state index is 13.4. The van der Waals surface area contributed by atoms with Gasteiger partial charge in [-0.1, -0.05) is 24.3 Å². The standard InChI is InChI=1S/C16H9F5O/c17-13-3-1-2-11(15(13)18)6-9-14(22)10-4-7-12(8-5-10)16(19,20)21/h1-9H. The fourth-order valence-electron chi connectivity index (χ4n) is 1.73. The van der Waals surface area contributed by atoms with Crippen LogP contribution in [0.3, 0.4) is 0 Å². The largest absolute Gasteiger partial charge is 0.416 e. The van der Waals surface area contributed by atoms with Crippen LogP contribution in [0.15, 0.2) is 48.5 Å². The predicted molar refractivity (Wildman–Crippen MR) is 71.2 cm³/mol. The number of alkyl halides is 3. The molecule has 0 heterocycles. The zero-order valence-corrected chi connectivity index (χ0v) is 11.0. The van der Waals surface area contributed by atoms with Gasteiger partial charge in [0.15, 0.2) is 17.4 Å². The highest BCUT2D eigenvalue weighted by Gasteiger charge is 2.30. The molecule has 0 bridgehead atoms. The summed E-state index contributed by atoms with van der Waals surface area (Å²) in [4.78, 5) is 11.8. The monoisotopic (exact) mass is 312 g/mol. The van der Waals surface area contributed by atoms with Crippen LogP contribution >= 0.6 is 0 Å². The molecule has 0 N–H and O–H groups in total. The number of ketones is 1. The molecule has 2 aromatic carbocycles. The molecule has 6 heteroatoms. The number of allylic oxidation sites excluding steroid dienone is 1. The van der Waals surface area contributed by atoms with Crippen molar-refractivity contribution >= 4 is 11.9 Å². The molecule has 0 atom stereocenters. The van der Waals surface area contributed by atoms with Crippen LogP contribution in [0, 0.1) is 11.6 Å². The smallest absolute Gasteiger partial charge is 0.289 e. The van der Waals surface area contributed by atoms with Gasteiger partial charge in [0.05, 0.1) is 5.56 Å². The Morgan fingerprint density at radius 2 is 1.59 bits per heavy atom. The van der Waals surface area contributed by atoms with Crippen LogP contribution in [0.5, 0.6) is 0 Å². The summed E-state index contributed by atoms with van der Waals surface area (Å²) in [5.74, 6) is -2.76. The third-order valence-electron chi connectivity index (χ3n) is 2.89. The Morgan fingerprint density at radius 1 is 0.955 bits per heavy atom. The van der Waals surface area contributed by atoms with E-state index in [1.54, 1.807) is 0 Å². The lowest BCUT2D eigenvalue weighted by molar-refractivity contribution is -0.137. The number of halogens is 5. The van der Waals surface area contributed by atoms with Gasteiger partial charge in [0, 0.05) is 11.1 Å². The first-order chi connectivity index (χ1) is 10.3. The second-order valence-electron chi connectivity index (χ2n) is 4.42. The normalized spacial score (nSPS) is 11.9. The van der Waals surface area contributed by atoms with Crippen LogP contribution in [0.4, 0.5) is 22.0 Å². The molecule has 2 rings (SSSR count). The molecule has 0 aromatic heterocycles. The Morgan fingerprint density at radius 3 is 2.18 bits per heavy atom. The second-order valence-corrected chi connectivity index (χ2v) is 4.42. The average molecular weight is 312 g/mol. The van der Waals surface area contributed by atoms with E-state index < -0.39 is 29.2 Å². The molecule has 114 valence electrons. The van der Waals surface area contributed by atoms with Gasteiger partial charge in [0.1, 0.15) is 0 Å². The lowest BCUT2D eigenvalue weighted by Gasteiger charge is -2.06. The van der Waals surface area contributed by atoms with Crippen molar-refractivity contribution in [2.75, 3.05) is 0 Å². The van der Waals surface area contributed by atoms with Crippen LogP contribution in [0.2, 0.25) is 0 Å². The van der Waals surface area contributed by atoms with Crippen molar-refractivity contribution in [2.24, 2.45) is 0 Å². The number of carbonyl (C=O) groups excluding carboxylic acids is 1. The van der Waals surface area contributed by atoms with Crippen LogP contribution < -0.4 is 0 Å². The van der Waals surface area contributed by atoms with Crippen molar-refractivity contribution in [3.05, 3.63) is 76.9 Å². The van der Waals surface area contributed by atoms with E-state index in [2.05, 4.69) is 0 Å². The first kappa shape index (κ1) is 15.9. The van der Waals surface area contributed by atoms with Crippen LogP contribution in [0.25, 0.3) is 6.08 Å². The Balaban J connectivity index is 2.19. The van der Waals surface area contributed by atoms with Crippen molar-refractivity contribution in [2.45, 2.75) is 6.18 Å². The Bertz CT molecular complexity index is 714. The first-order valence-electron chi connectivity index (χ1n) is 6.13. The van der Waals surface area contributed by atoms with Crippen LogP contribution in [-0.4, -0.2) is 5.78 Å². The van der Waals surface area contributed by atoms with Crippen molar-refractivity contribution in [3.63, 3.8) is 0 Å². The first-order valence-corrected chi connectivity index (χ1v) is 6.13. The van der Waals surface area contributed by atoms with Gasteiger partial charge in [0.25, 0.3) is 0 Å². The summed E-state index contributed by atoms with van der Waals surface area (Å²) in [6.45, 7) is 0. The maximum Gasteiger partial charge on any atom is 0.416 e. The lowest BCUT2D eigenvalue weighted by Crippen LogP contribution is -2.05.